The molecule has 0 aliphatic carbocycles. The third-order valence-electron chi connectivity index (χ3n) is 11.2. The SMILES string of the molecule is C=CCN(C)S(=O)(=O)c1ccc(C(C)(C)C)cc1.CC(C)(C)c1ccc(S(=O)(=O)N2CCCCC2CO)cc1.COCCN1CCN(S(=O)(=O)c2ccc(C(C)(C)C)cc2)CC1. The second-order valence-electron chi connectivity index (χ2n) is 19.1. The van der Waals surface area contributed by atoms with Crippen molar-refractivity contribution in [2.75, 3.05) is 73.2 Å². The molecule has 2 saturated heterocycles. The van der Waals surface area contributed by atoms with Crippen LogP contribution in [0.2, 0.25) is 0 Å². The topological polar surface area (TPSA) is 145 Å². The summed E-state index contributed by atoms with van der Waals surface area (Å²) in [5.74, 6) is 0. The Labute approximate surface area is 375 Å². The zero-order chi connectivity index (χ0) is 46.7. The summed E-state index contributed by atoms with van der Waals surface area (Å²) < 4.78 is 84.7. The van der Waals surface area contributed by atoms with Crippen LogP contribution in [-0.4, -0.2) is 127 Å². The maximum atomic E-state index is 12.8. The smallest absolute Gasteiger partial charge is 0.243 e. The molecule has 0 amide bonds. The van der Waals surface area contributed by atoms with E-state index in [0.29, 0.717) is 47.5 Å². The number of piperazine rings is 1. The number of benzene rings is 3. The molecule has 0 radical (unpaired) electrons. The number of aliphatic hydroxyl groups excluding tert-OH is 1. The molecule has 62 heavy (non-hydrogen) atoms. The van der Waals surface area contributed by atoms with Crippen molar-refractivity contribution >= 4 is 30.1 Å². The van der Waals surface area contributed by atoms with Crippen molar-refractivity contribution in [1.82, 2.24) is 17.8 Å². The maximum Gasteiger partial charge on any atom is 0.243 e. The second kappa shape index (κ2) is 22.3. The van der Waals surface area contributed by atoms with Crippen molar-refractivity contribution in [2.45, 2.75) is 119 Å². The van der Waals surface area contributed by atoms with E-state index in [1.165, 1.54) is 8.61 Å². The Hall–Kier alpha value is -2.99. The molecule has 0 aromatic heterocycles. The predicted molar refractivity (Wildman–Crippen MR) is 251 cm³/mol. The van der Waals surface area contributed by atoms with Gasteiger partial charge in [-0.3, -0.25) is 4.90 Å². The van der Waals surface area contributed by atoms with Gasteiger partial charge in [0.15, 0.2) is 0 Å². The first-order valence-electron chi connectivity index (χ1n) is 21.4. The lowest BCUT2D eigenvalue weighted by molar-refractivity contribution is 0.123. The first-order chi connectivity index (χ1) is 28.7. The number of nitrogens with zero attached hydrogens (tertiary/aromatic N) is 4. The highest BCUT2D eigenvalue weighted by Crippen LogP contribution is 2.29. The van der Waals surface area contributed by atoms with Crippen LogP contribution in [0.15, 0.2) is 100 Å². The van der Waals surface area contributed by atoms with E-state index in [4.69, 9.17) is 4.74 Å². The van der Waals surface area contributed by atoms with E-state index in [-0.39, 0.29) is 28.9 Å². The molecule has 3 aromatic carbocycles. The number of likely N-dealkylation sites (N-methyl/N-ethyl adjacent to an activating group) is 1. The van der Waals surface area contributed by atoms with E-state index >= 15 is 0 Å². The highest BCUT2D eigenvalue weighted by Gasteiger charge is 2.33. The van der Waals surface area contributed by atoms with Crippen LogP contribution in [0.3, 0.4) is 0 Å². The molecule has 2 fully saturated rings. The van der Waals surface area contributed by atoms with Crippen molar-refractivity contribution in [3.05, 3.63) is 102 Å². The van der Waals surface area contributed by atoms with Gasteiger partial charge in [0, 0.05) is 66.0 Å². The van der Waals surface area contributed by atoms with Crippen molar-refractivity contribution in [3.63, 3.8) is 0 Å². The summed E-state index contributed by atoms with van der Waals surface area (Å²) in [4.78, 5) is 3.25. The summed E-state index contributed by atoms with van der Waals surface area (Å²) >= 11 is 0. The number of hydrogen-bond donors (Lipinski definition) is 1. The largest absolute Gasteiger partial charge is 0.395 e. The summed E-state index contributed by atoms with van der Waals surface area (Å²) in [6.07, 6.45) is 4.13. The Bertz CT molecular complexity index is 2180. The van der Waals surface area contributed by atoms with Gasteiger partial charge in [-0.1, -0.05) is 111 Å². The lowest BCUT2D eigenvalue weighted by Crippen LogP contribution is -2.49. The molecule has 3 aromatic rings. The Morgan fingerprint density at radius 1 is 0.661 bits per heavy atom. The molecule has 1 atom stereocenters. The summed E-state index contributed by atoms with van der Waals surface area (Å²) in [5.41, 5.74) is 3.42. The number of piperidine rings is 1. The van der Waals surface area contributed by atoms with E-state index < -0.39 is 30.1 Å². The fraction of sp³-hybridized carbons (Fsp3) is 0.574. The van der Waals surface area contributed by atoms with Crippen LogP contribution in [0.4, 0.5) is 0 Å². The van der Waals surface area contributed by atoms with Crippen LogP contribution in [0.5, 0.6) is 0 Å². The Balaban J connectivity index is 0.000000250. The van der Waals surface area contributed by atoms with Gasteiger partial charge in [0.25, 0.3) is 0 Å². The third-order valence-corrected chi connectivity index (χ3v) is 16.9. The van der Waals surface area contributed by atoms with Crippen LogP contribution in [0, 0.1) is 0 Å². The molecule has 0 saturated carbocycles. The maximum absolute atomic E-state index is 12.8. The quantitative estimate of drug-likeness (QED) is 0.186. The van der Waals surface area contributed by atoms with Crippen LogP contribution >= 0.6 is 0 Å². The fourth-order valence-corrected chi connectivity index (χ4v) is 11.3. The lowest BCUT2D eigenvalue weighted by atomic mass is 9.87. The first-order valence-corrected chi connectivity index (χ1v) is 25.8. The van der Waals surface area contributed by atoms with Gasteiger partial charge in [0.2, 0.25) is 30.1 Å². The fourth-order valence-electron chi connectivity index (χ4n) is 7.01. The van der Waals surface area contributed by atoms with Gasteiger partial charge in [-0.2, -0.15) is 12.9 Å². The number of methoxy groups -OCH3 is 1. The molecule has 12 nitrogen and oxygen atoms in total. The van der Waals surface area contributed by atoms with Crippen molar-refractivity contribution in [3.8, 4) is 0 Å². The molecule has 348 valence electrons. The van der Waals surface area contributed by atoms with Gasteiger partial charge in [-0.05, 0) is 82.2 Å². The molecule has 2 aliphatic rings. The lowest BCUT2D eigenvalue weighted by Gasteiger charge is -2.33. The molecule has 1 N–H and O–H groups in total. The summed E-state index contributed by atoms with van der Waals surface area (Å²) in [7, 11) is -7.07. The number of hydrogen-bond acceptors (Lipinski definition) is 9. The van der Waals surface area contributed by atoms with E-state index in [2.05, 4.69) is 73.8 Å². The van der Waals surface area contributed by atoms with E-state index in [1.54, 1.807) is 60.9 Å². The van der Waals surface area contributed by atoms with E-state index in [9.17, 15) is 30.4 Å². The molecule has 2 heterocycles. The Morgan fingerprint density at radius 2 is 1.08 bits per heavy atom. The molecule has 5 rings (SSSR count). The number of aliphatic hydroxyl groups is 1. The van der Waals surface area contributed by atoms with Gasteiger partial charge in [-0.25, -0.2) is 25.3 Å². The Kier molecular flexibility index (Phi) is 19.2. The average molecular weight is 919 g/mol. The number of ether oxygens (including phenoxy) is 1. The summed E-state index contributed by atoms with van der Waals surface area (Å²) in [6.45, 7) is 27.3. The zero-order valence-corrected chi connectivity index (χ0v) is 41.5. The normalized spacial score (nSPS) is 17.7. The van der Waals surface area contributed by atoms with Crippen LogP contribution < -0.4 is 0 Å². The van der Waals surface area contributed by atoms with Gasteiger partial charge in [0.1, 0.15) is 0 Å². The first kappa shape index (κ1) is 53.3. The van der Waals surface area contributed by atoms with Gasteiger partial charge in [-0.15, -0.1) is 6.58 Å². The third kappa shape index (κ3) is 14.5. The minimum Gasteiger partial charge on any atom is -0.395 e. The molecule has 15 heteroatoms. The molecule has 0 spiro atoms. The van der Waals surface area contributed by atoms with Crippen LogP contribution in [0.1, 0.15) is 98.3 Å². The number of sulfonamides is 3. The molecule has 2 aliphatic heterocycles. The van der Waals surface area contributed by atoms with Crippen LogP contribution in [0.25, 0.3) is 0 Å². The minimum atomic E-state index is -3.51. The van der Waals surface area contributed by atoms with Gasteiger partial charge >= 0.3 is 0 Å². The molecule has 1 unspecified atom stereocenters. The van der Waals surface area contributed by atoms with Gasteiger partial charge < -0.3 is 9.84 Å². The summed E-state index contributed by atoms with van der Waals surface area (Å²) in [6, 6.07) is 21.2. The highest BCUT2D eigenvalue weighted by molar-refractivity contribution is 7.89. The van der Waals surface area contributed by atoms with Crippen molar-refractivity contribution in [2.24, 2.45) is 0 Å². The standard InChI is InChI=1S/C17H28N2O3S.C16H25NO3S.C14H21NO2S/c1-17(2,3)15-5-7-16(8-6-15)23(20,21)19-11-9-18(10-12-19)13-14-22-4;1-16(2,3)13-7-9-15(10-8-13)21(19,20)17-11-5-4-6-14(17)12-18;1-6-11-15(5)18(16,17)13-9-7-12(8-10-13)14(2,3)4/h5-8H,9-14H2,1-4H3;7-10,14,18H,4-6,11-12H2,1-3H3;6-10H,1,11H2,2-5H3. The zero-order valence-electron chi connectivity index (χ0n) is 39.1. The average Bonchev–Trinajstić information content (AvgIpc) is 3.22. The van der Waals surface area contributed by atoms with Crippen molar-refractivity contribution < 1.29 is 35.1 Å². The minimum absolute atomic E-state index is 0.00104. The van der Waals surface area contributed by atoms with E-state index in [0.717, 1.165) is 55.6 Å². The molecule has 0 bridgehead atoms. The monoisotopic (exact) mass is 918 g/mol. The second-order valence-corrected chi connectivity index (χ2v) is 25.0. The van der Waals surface area contributed by atoms with Crippen LogP contribution in [-0.2, 0) is 51.1 Å². The Morgan fingerprint density at radius 3 is 1.47 bits per heavy atom. The molecular weight excluding hydrogens is 845 g/mol. The molecular formula is C47H74N4O8S3. The highest BCUT2D eigenvalue weighted by atomic mass is 32.2. The predicted octanol–water partition coefficient (Wildman–Crippen LogP) is 7.25. The number of rotatable bonds is 12. The van der Waals surface area contributed by atoms with E-state index in [1.807, 2.05) is 36.4 Å². The summed E-state index contributed by atoms with van der Waals surface area (Å²) in [5, 5.41) is 9.42. The van der Waals surface area contributed by atoms with Gasteiger partial charge in [0.05, 0.1) is 27.9 Å². The van der Waals surface area contributed by atoms with Crippen molar-refractivity contribution in [1.29, 1.82) is 0 Å².